The molecule has 0 N–H and O–H groups in total. The number of nitrogens with zero attached hydrogens (tertiary/aromatic N) is 2. The molecule has 0 aliphatic carbocycles. The summed E-state index contributed by atoms with van der Waals surface area (Å²) < 4.78 is 3.96. The van der Waals surface area contributed by atoms with Crippen molar-refractivity contribution >= 4 is 43.6 Å². The molecular formula is C30H20N2O2. The van der Waals surface area contributed by atoms with E-state index in [1.165, 1.54) is 0 Å². The van der Waals surface area contributed by atoms with Gasteiger partial charge in [0.05, 0.1) is 22.1 Å². The minimum absolute atomic E-state index is 0.0234. The fraction of sp³-hybridized carbons (Fsp3) is 0.0667. The molecule has 0 unspecified atom stereocenters. The summed E-state index contributed by atoms with van der Waals surface area (Å²) in [5.41, 5.74) is 4.75. The van der Waals surface area contributed by atoms with Gasteiger partial charge in [0.25, 0.3) is 0 Å². The number of rotatable bonds is 0. The van der Waals surface area contributed by atoms with E-state index in [2.05, 4.69) is 11.8 Å². The van der Waals surface area contributed by atoms with Crippen LogP contribution in [0.1, 0.15) is 11.1 Å². The number of fused-ring (bicyclic) bond motifs is 4. The summed E-state index contributed by atoms with van der Waals surface area (Å²) in [5, 5.41) is 2.47. The predicted molar refractivity (Wildman–Crippen MR) is 139 cm³/mol. The van der Waals surface area contributed by atoms with Crippen LogP contribution in [0.4, 0.5) is 0 Å². The Bertz CT molecular complexity index is 1970. The van der Waals surface area contributed by atoms with Crippen molar-refractivity contribution in [2.75, 3.05) is 0 Å². The van der Waals surface area contributed by atoms with Crippen molar-refractivity contribution in [1.29, 1.82) is 0 Å². The fourth-order valence-electron chi connectivity index (χ4n) is 4.76. The van der Waals surface area contributed by atoms with Crippen LogP contribution in [0.15, 0.2) is 94.5 Å². The summed E-state index contributed by atoms with van der Waals surface area (Å²) in [6.07, 6.45) is 0. The molecule has 0 aliphatic rings. The molecule has 0 radical (unpaired) electrons. The van der Waals surface area contributed by atoms with Crippen LogP contribution < -0.4 is 10.9 Å². The van der Waals surface area contributed by atoms with Crippen molar-refractivity contribution in [2.45, 2.75) is 0 Å². The molecule has 0 bridgehead atoms. The zero-order valence-corrected chi connectivity index (χ0v) is 18.8. The van der Waals surface area contributed by atoms with E-state index in [4.69, 9.17) is 0 Å². The van der Waals surface area contributed by atoms with Gasteiger partial charge in [-0.25, -0.2) is 0 Å². The van der Waals surface area contributed by atoms with Gasteiger partial charge in [-0.1, -0.05) is 42.2 Å². The zero-order chi connectivity index (χ0) is 23.4. The second kappa shape index (κ2) is 7.47. The lowest BCUT2D eigenvalue weighted by Crippen LogP contribution is -2.13. The topological polar surface area (TPSA) is 44.0 Å². The van der Waals surface area contributed by atoms with E-state index >= 15 is 0 Å². The smallest absolute Gasteiger partial charge is 0.197 e. The normalized spacial score (nSPS) is 11.2. The molecule has 0 atom stereocenters. The number of pyridine rings is 2. The molecule has 4 aromatic carbocycles. The Morgan fingerprint density at radius 2 is 1.03 bits per heavy atom. The molecule has 4 nitrogen and oxygen atoms in total. The molecule has 34 heavy (non-hydrogen) atoms. The van der Waals surface area contributed by atoms with Gasteiger partial charge < -0.3 is 9.13 Å². The first kappa shape index (κ1) is 20.0. The Hall–Kier alpha value is -4.62. The van der Waals surface area contributed by atoms with E-state index < -0.39 is 0 Å². The van der Waals surface area contributed by atoms with Gasteiger partial charge in [0.15, 0.2) is 10.9 Å². The molecule has 0 spiro atoms. The summed E-state index contributed by atoms with van der Waals surface area (Å²) in [4.78, 5) is 26.9. The molecular weight excluding hydrogens is 420 g/mol. The highest BCUT2D eigenvalue weighted by Gasteiger charge is 2.14. The Labute approximate surface area is 195 Å². The summed E-state index contributed by atoms with van der Waals surface area (Å²) in [6.45, 7) is 0. The van der Waals surface area contributed by atoms with Crippen LogP contribution in [0.2, 0.25) is 0 Å². The lowest BCUT2D eigenvalue weighted by Gasteiger charge is -2.14. The SMILES string of the molecule is Cn1c2ccccc2c(=O)c2cc3c(cc21)c(=O)c1cc(C#Cc2ccccc2)ccc1n3C. The highest BCUT2D eigenvalue weighted by molar-refractivity contribution is 6.03. The van der Waals surface area contributed by atoms with Crippen LogP contribution in [0.3, 0.4) is 0 Å². The summed E-state index contributed by atoms with van der Waals surface area (Å²) >= 11 is 0. The van der Waals surface area contributed by atoms with Crippen LogP contribution in [-0.4, -0.2) is 9.13 Å². The number of benzene rings is 4. The minimum Gasteiger partial charge on any atom is -0.343 e. The molecule has 6 rings (SSSR count). The summed E-state index contributed by atoms with van der Waals surface area (Å²) in [7, 11) is 3.86. The molecule has 4 heteroatoms. The highest BCUT2D eigenvalue weighted by Crippen LogP contribution is 2.25. The van der Waals surface area contributed by atoms with Crippen LogP contribution in [0.25, 0.3) is 43.6 Å². The average molecular weight is 441 g/mol. The third-order valence-electron chi connectivity index (χ3n) is 6.56. The van der Waals surface area contributed by atoms with Crippen LogP contribution in [-0.2, 0) is 14.1 Å². The minimum atomic E-state index is -0.0611. The second-order valence-corrected chi connectivity index (χ2v) is 8.53. The molecule has 162 valence electrons. The molecule has 0 aliphatic heterocycles. The number of aromatic nitrogens is 2. The quantitative estimate of drug-likeness (QED) is 0.244. The largest absolute Gasteiger partial charge is 0.343 e. The predicted octanol–water partition coefficient (Wildman–Crippen LogP) is 5.10. The fourth-order valence-corrected chi connectivity index (χ4v) is 4.76. The highest BCUT2D eigenvalue weighted by atomic mass is 16.1. The first-order valence-electron chi connectivity index (χ1n) is 11.1. The number of aryl methyl sites for hydroxylation is 2. The van der Waals surface area contributed by atoms with Gasteiger partial charge in [-0.05, 0) is 54.6 Å². The van der Waals surface area contributed by atoms with Gasteiger partial charge in [0, 0.05) is 46.8 Å². The molecule has 0 saturated heterocycles. The number of hydrogen-bond donors (Lipinski definition) is 0. The van der Waals surface area contributed by atoms with Crippen molar-refractivity contribution in [2.24, 2.45) is 14.1 Å². The molecule has 2 heterocycles. The summed E-state index contributed by atoms with van der Waals surface area (Å²) in [5.74, 6) is 6.33. The number of para-hydroxylation sites is 1. The van der Waals surface area contributed by atoms with Crippen LogP contribution in [0, 0.1) is 11.8 Å². The Morgan fingerprint density at radius 3 is 1.74 bits per heavy atom. The Balaban J connectivity index is 1.66. The lowest BCUT2D eigenvalue weighted by atomic mass is 10.0. The van der Waals surface area contributed by atoms with E-state index in [1.807, 2.05) is 108 Å². The lowest BCUT2D eigenvalue weighted by molar-refractivity contribution is 0.993. The molecule has 2 aromatic heterocycles. The first-order valence-corrected chi connectivity index (χ1v) is 11.1. The number of hydrogen-bond acceptors (Lipinski definition) is 2. The van der Waals surface area contributed by atoms with Crippen molar-refractivity contribution < 1.29 is 0 Å². The van der Waals surface area contributed by atoms with Crippen LogP contribution >= 0.6 is 0 Å². The third-order valence-corrected chi connectivity index (χ3v) is 6.56. The van der Waals surface area contributed by atoms with Gasteiger partial charge in [0.1, 0.15) is 0 Å². The second-order valence-electron chi connectivity index (χ2n) is 8.53. The standard InChI is InChI=1S/C30H20N2O2/c1-31-25-11-7-6-10-21(25)29(33)23-17-28-24(18-27(23)31)30(34)22-16-20(14-15-26(22)32(28)2)13-12-19-8-4-3-5-9-19/h3-11,14-18H,1-2H3. The average Bonchev–Trinajstić information content (AvgIpc) is 2.89. The molecule has 0 saturated carbocycles. The first-order chi connectivity index (χ1) is 16.5. The van der Waals surface area contributed by atoms with E-state index in [-0.39, 0.29) is 10.9 Å². The van der Waals surface area contributed by atoms with Crippen molar-refractivity contribution in [3.8, 4) is 11.8 Å². The van der Waals surface area contributed by atoms with Gasteiger partial charge in [0.2, 0.25) is 0 Å². The third kappa shape index (κ3) is 2.95. The van der Waals surface area contributed by atoms with Crippen molar-refractivity contribution in [3.05, 3.63) is 117 Å². The monoisotopic (exact) mass is 440 g/mol. The molecule has 0 amide bonds. The summed E-state index contributed by atoms with van der Waals surface area (Å²) in [6, 6.07) is 26.7. The van der Waals surface area contributed by atoms with Gasteiger partial charge in [-0.3, -0.25) is 9.59 Å². The van der Waals surface area contributed by atoms with Gasteiger partial charge in [-0.15, -0.1) is 0 Å². The maximum absolute atomic E-state index is 13.6. The van der Waals surface area contributed by atoms with E-state index in [0.717, 1.165) is 33.2 Å². The van der Waals surface area contributed by atoms with Crippen molar-refractivity contribution in [3.63, 3.8) is 0 Å². The Morgan fingerprint density at radius 1 is 0.500 bits per heavy atom. The van der Waals surface area contributed by atoms with Crippen molar-refractivity contribution in [1.82, 2.24) is 9.13 Å². The molecule has 0 fully saturated rings. The Kier molecular flexibility index (Phi) is 4.40. The zero-order valence-electron chi connectivity index (χ0n) is 18.8. The van der Waals surface area contributed by atoms with Crippen LogP contribution in [0.5, 0.6) is 0 Å². The van der Waals surface area contributed by atoms with E-state index in [0.29, 0.717) is 21.5 Å². The maximum atomic E-state index is 13.6. The van der Waals surface area contributed by atoms with Gasteiger partial charge in [-0.2, -0.15) is 0 Å². The maximum Gasteiger partial charge on any atom is 0.197 e. The molecule has 6 aromatic rings. The van der Waals surface area contributed by atoms with E-state index in [9.17, 15) is 9.59 Å². The van der Waals surface area contributed by atoms with Gasteiger partial charge >= 0.3 is 0 Å². The van der Waals surface area contributed by atoms with E-state index in [1.54, 1.807) is 0 Å².